The highest BCUT2D eigenvalue weighted by molar-refractivity contribution is 5.49. The molecule has 0 aliphatic heterocycles. The number of aryl methyl sites for hydroxylation is 1. The quantitative estimate of drug-likeness (QED) is 0.785. The molecule has 5 nitrogen and oxygen atoms in total. The minimum atomic E-state index is 0.228. The molecule has 118 valence electrons. The van der Waals surface area contributed by atoms with Gasteiger partial charge in [-0.1, -0.05) is 38.1 Å². The molecule has 0 amide bonds. The topological polar surface area (TPSA) is 55.1 Å². The van der Waals surface area contributed by atoms with E-state index in [4.69, 9.17) is 0 Å². The predicted octanol–water partition coefficient (Wildman–Crippen LogP) is 3.66. The highest BCUT2D eigenvalue weighted by Crippen LogP contribution is 2.42. The van der Waals surface area contributed by atoms with Crippen LogP contribution in [0, 0.1) is 6.92 Å². The Morgan fingerprint density at radius 3 is 2.96 bits per heavy atom. The molecule has 0 fully saturated rings. The summed E-state index contributed by atoms with van der Waals surface area (Å²) in [6.45, 7) is 6.64. The molecule has 3 aromatic rings. The molecule has 0 bridgehead atoms. The number of nitrogens with zero attached hydrogens (tertiary/aromatic N) is 4. The van der Waals surface area contributed by atoms with Crippen molar-refractivity contribution < 1.29 is 0 Å². The van der Waals surface area contributed by atoms with E-state index in [0.29, 0.717) is 5.78 Å². The van der Waals surface area contributed by atoms with Gasteiger partial charge in [-0.2, -0.15) is 14.6 Å². The zero-order chi connectivity index (χ0) is 16.0. The monoisotopic (exact) mass is 307 g/mol. The third kappa shape index (κ3) is 2.36. The first-order valence-electron chi connectivity index (χ1n) is 8.08. The first-order valence-corrected chi connectivity index (χ1v) is 8.08. The Balaban J connectivity index is 1.76. The number of anilines is 1. The lowest BCUT2D eigenvalue weighted by Crippen LogP contribution is -2.29. The maximum absolute atomic E-state index is 4.41. The van der Waals surface area contributed by atoms with Crippen LogP contribution in [-0.4, -0.2) is 19.6 Å². The van der Waals surface area contributed by atoms with Gasteiger partial charge >= 0.3 is 0 Å². The van der Waals surface area contributed by atoms with E-state index in [1.807, 2.05) is 13.0 Å². The fraction of sp³-hybridized carbons (Fsp3) is 0.389. The number of hydrogen-bond acceptors (Lipinski definition) is 4. The van der Waals surface area contributed by atoms with Crippen molar-refractivity contribution in [3.63, 3.8) is 0 Å². The zero-order valence-corrected chi connectivity index (χ0v) is 13.7. The van der Waals surface area contributed by atoms with E-state index >= 15 is 0 Å². The lowest BCUT2D eigenvalue weighted by atomic mass is 9.71. The fourth-order valence-corrected chi connectivity index (χ4v) is 3.57. The SMILES string of the molecule is Cc1cc(N[C@@H]2CCC(C)(C)c3ccccc32)n2ncnc2n1. The summed E-state index contributed by atoms with van der Waals surface area (Å²) in [7, 11) is 0. The molecule has 2 aromatic heterocycles. The van der Waals surface area contributed by atoms with Gasteiger partial charge in [-0.25, -0.2) is 4.98 Å². The standard InChI is InChI=1S/C18H21N5/c1-12-10-16(23-17(21-12)19-11-20-23)22-15-8-9-18(2,3)14-7-5-4-6-13(14)15/h4-7,10-11,15,22H,8-9H2,1-3H3/t15-/m1/s1. The third-order valence-corrected chi connectivity index (χ3v) is 4.83. The average molecular weight is 307 g/mol. The summed E-state index contributed by atoms with van der Waals surface area (Å²) < 4.78 is 1.77. The fourth-order valence-electron chi connectivity index (χ4n) is 3.57. The Labute approximate surface area is 135 Å². The van der Waals surface area contributed by atoms with E-state index < -0.39 is 0 Å². The second kappa shape index (κ2) is 5.05. The van der Waals surface area contributed by atoms with Gasteiger partial charge in [-0.15, -0.1) is 0 Å². The van der Waals surface area contributed by atoms with Crippen molar-refractivity contribution in [2.45, 2.75) is 45.1 Å². The maximum Gasteiger partial charge on any atom is 0.254 e. The molecule has 2 heterocycles. The number of aromatic nitrogens is 4. The van der Waals surface area contributed by atoms with Crippen molar-refractivity contribution in [3.8, 4) is 0 Å². The summed E-state index contributed by atoms with van der Waals surface area (Å²) >= 11 is 0. The summed E-state index contributed by atoms with van der Waals surface area (Å²) in [4.78, 5) is 8.61. The van der Waals surface area contributed by atoms with Crippen molar-refractivity contribution in [1.29, 1.82) is 0 Å². The van der Waals surface area contributed by atoms with Gasteiger partial charge in [0.2, 0.25) is 0 Å². The normalized spacial score (nSPS) is 19.5. The molecule has 0 saturated heterocycles. The molecule has 23 heavy (non-hydrogen) atoms. The molecule has 5 heteroatoms. The zero-order valence-electron chi connectivity index (χ0n) is 13.7. The number of hydrogen-bond donors (Lipinski definition) is 1. The Morgan fingerprint density at radius 2 is 2.09 bits per heavy atom. The molecular formula is C18H21N5. The molecule has 0 saturated carbocycles. The van der Waals surface area contributed by atoms with Crippen LogP contribution in [0.15, 0.2) is 36.7 Å². The predicted molar refractivity (Wildman–Crippen MR) is 90.6 cm³/mol. The van der Waals surface area contributed by atoms with Crippen LogP contribution in [0.3, 0.4) is 0 Å². The van der Waals surface area contributed by atoms with Crippen molar-refractivity contribution >= 4 is 11.6 Å². The second-order valence-corrected chi connectivity index (χ2v) is 6.96. The summed E-state index contributed by atoms with van der Waals surface area (Å²) in [5, 5.41) is 7.96. The minimum Gasteiger partial charge on any atom is -0.363 e. The molecule has 1 atom stereocenters. The maximum atomic E-state index is 4.41. The smallest absolute Gasteiger partial charge is 0.254 e. The first kappa shape index (κ1) is 14.2. The summed E-state index contributed by atoms with van der Waals surface area (Å²) in [5.74, 6) is 1.58. The van der Waals surface area contributed by atoms with Crippen LogP contribution in [0.5, 0.6) is 0 Å². The lowest BCUT2D eigenvalue weighted by Gasteiger charge is -2.37. The van der Waals surface area contributed by atoms with E-state index in [1.54, 1.807) is 10.8 Å². The van der Waals surface area contributed by atoms with Gasteiger partial charge in [0.05, 0.1) is 6.04 Å². The van der Waals surface area contributed by atoms with Gasteiger partial charge in [-0.3, -0.25) is 0 Å². The molecule has 0 unspecified atom stereocenters. The summed E-state index contributed by atoms with van der Waals surface area (Å²) in [6, 6.07) is 11.1. The van der Waals surface area contributed by atoms with Gasteiger partial charge in [0.15, 0.2) is 0 Å². The largest absolute Gasteiger partial charge is 0.363 e. The number of nitrogens with one attached hydrogen (secondary N) is 1. The Morgan fingerprint density at radius 1 is 1.26 bits per heavy atom. The molecule has 1 N–H and O–H groups in total. The minimum absolute atomic E-state index is 0.228. The first-order chi connectivity index (χ1) is 11.0. The average Bonchev–Trinajstić information content (AvgIpc) is 2.99. The van der Waals surface area contributed by atoms with E-state index in [0.717, 1.165) is 24.4 Å². The van der Waals surface area contributed by atoms with Gasteiger partial charge in [-0.05, 0) is 36.3 Å². The van der Waals surface area contributed by atoms with Crippen LogP contribution in [0.4, 0.5) is 5.82 Å². The van der Waals surface area contributed by atoms with Crippen molar-refractivity contribution in [3.05, 3.63) is 53.5 Å². The summed E-state index contributed by atoms with van der Waals surface area (Å²) in [6.07, 6.45) is 3.80. The van der Waals surface area contributed by atoms with Crippen LogP contribution < -0.4 is 5.32 Å². The Kier molecular flexibility index (Phi) is 3.11. The third-order valence-electron chi connectivity index (χ3n) is 4.83. The van der Waals surface area contributed by atoms with E-state index in [1.165, 1.54) is 11.1 Å². The lowest BCUT2D eigenvalue weighted by molar-refractivity contribution is 0.405. The van der Waals surface area contributed by atoms with Crippen molar-refractivity contribution in [1.82, 2.24) is 19.6 Å². The van der Waals surface area contributed by atoms with Crippen molar-refractivity contribution in [2.24, 2.45) is 0 Å². The molecule has 4 rings (SSSR count). The van der Waals surface area contributed by atoms with Gasteiger partial charge in [0.1, 0.15) is 12.1 Å². The molecule has 1 aromatic carbocycles. The number of fused-ring (bicyclic) bond motifs is 2. The van der Waals surface area contributed by atoms with Crippen LogP contribution >= 0.6 is 0 Å². The molecule has 1 aliphatic carbocycles. The number of benzene rings is 1. The molecule has 0 radical (unpaired) electrons. The van der Waals surface area contributed by atoms with E-state index in [2.05, 4.69) is 58.5 Å². The van der Waals surface area contributed by atoms with Crippen LogP contribution in [0.25, 0.3) is 5.78 Å². The van der Waals surface area contributed by atoms with Crippen LogP contribution in [0.2, 0.25) is 0 Å². The van der Waals surface area contributed by atoms with Gasteiger partial charge in [0, 0.05) is 11.8 Å². The highest BCUT2D eigenvalue weighted by atomic mass is 15.4. The molecule has 1 aliphatic rings. The molecular weight excluding hydrogens is 286 g/mol. The van der Waals surface area contributed by atoms with Crippen molar-refractivity contribution in [2.75, 3.05) is 5.32 Å². The molecule has 0 spiro atoms. The van der Waals surface area contributed by atoms with E-state index in [9.17, 15) is 0 Å². The van der Waals surface area contributed by atoms with Crippen LogP contribution in [0.1, 0.15) is 49.6 Å². The van der Waals surface area contributed by atoms with E-state index in [-0.39, 0.29) is 11.5 Å². The van der Waals surface area contributed by atoms with Gasteiger partial charge in [0.25, 0.3) is 5.78 Å². The Bertz CT molecular complexity index is 865. The Hall–Kier alpha value is -2.43. The highest BCUT2D eigenvalue weighted by Gasteiger charge is 2.32. The van der Waals surface area contributed by atoms with Gasteiger partial charge < -0.3 is 5.32 Å². The summed E-state index contributed by atoms with van der Waals surface area (Å²) in [5.41, 5.74) is 3.99. The number of rotatable bonds is 2. The second-order valence-electron chi connectivity index (χ2n) is 6.96. The van der Waals surface area contributed by atoms with Crippen LogP contribution in [-0.2, 0) is 5.41 Å².